The summed E-state index contributed by atoms with van der Waals surface area (Å²) in [7, 11) is 0. The van der Waals surface area contributed by atoms with Crippen LogP contribution < -0.4 is 0 Å². The molecule has 0 aliphatic carbocycles. The molecular formula is C8H16OS3. The minimum Gasteiger partial charge on any atom is -0.354 e. The van der Waals surface area contributed by atoms with Gasteiger partial charge in [0.05, 0.1) is 0 Å². The van der Waals surface area contributed by atoms with Crippen molar-refractivity contribution < 1.29 is 4.74 Å². The van der Waals surface area contributed by atoms with Crippen molar-refractivity contribution in [2.75, 3.05) is 11.5 Å². The molecule has 12 heavy (non-hydrogen) atoms. The van der Waals surface area contributed by atoms with E-state index in [9.17, 15) is 0 Å². The van der Waals surface area contributed by atoms with E-state index in [4.69, 9.17) is 4.74 Å². The summed E-state index contributed by atoms with van der Waals surface area (Å²) in [4.78, 5) is 0. The summed E-state index contributed by atoms with van der Waals surface area (Å²) in [5.74, 6) is 2.62. The van der Waals surface area contributed by atoms with Gasteiger partial charge in [-0.05, 0) is 37.2 Å². The average molecular weight is 224 g/mol. The van der Waals surface area contributed by atoms with Crippen LogP contribution >= 0.6 is 37.0 Å². The lowest BCUT2D eigenvalue weighted by Gasteiger charge is -2.15. The van der Waals surface area contributed by atoms with Crippen LogP contribution in [0.4, 0.5) is 0 Å². The average Bonchev–Trinajstić information content (AvgIpc) is 2.60. The maximum Gasteiger partial charge on any atom is 0.104 e. The van der Waals surface area contributed by atoms with Gasteiger partial charge in [-0.25, -0.2) is 0 Å². The van der Waals surface area contributed by atoms with Gasteiger partial charge in [-0.2, -0.15) is 13.5 Å². The van der Waals surface area contributed by atoms with Crippen LogP contribution in [0.15, 0.2) is 0 Å². The highest BCUT2D eigenvalue weighted by Crippen LogP contribution is 2.34. The van der Waals surface area contributed by atoms with Crippen LogP contribution in [0.25, 0.3) is 0 Å². The Morgan fingerprint density at radius 3 is 1.75 bits per heavy atom. The van der Waals surface area contributed by atoms with Crippen LogP contribution in [0, 0.1) is 0 Å². The Labute approximate surface area is 89.8 Å². The van der Waals surface area contributed by atoms with Crippen LogP contribution in [0.5, 0.6) is 0 Å². The predicted molar refractivity (Wildman–Crippen MR) is 62.4 cm³/mol. The molecule has 0 amide bonds. The van der Waals surface area contributed by atoms with Gasteiger partial charge in [0.1, 0.15) is 10.9 Å². The van der Waals surface area contributed by atoms with E-state index in [0.29, 0.717) is 10.9 Å². The Balaban J connectivity index is 0.000000720. The van der Waals surface area contributed by atoms with Gasteiger partial charge in [0.25, 0.3) is 0 Å². The van der Waals surface area contributed by atoms with Gasteiger partial charge >= 0.3 is 0 Å². The van der Waals surface area contributed by atoms with E-state index in [1.165, 1.54) is 37.2 Å². The summed E-state index contributed by atoms with van der Waals surface area (Å²) in [5, 5.41) is 0. The maximum absolute atomic E-state index is 5.90. The third-order valence-corrected chi connectivity index (χ3v) is 4.57. The summed E-state index contributed by atoms with van der Waals surface area (Å²) in [5.41, 5.74) is 1.07. The van der Waals surface area contributed by atoms with Crippen LogP contribution in [-0.2, 0) is 4.74 Å². The van der Waals surface area contributed by atoms with Crippen LogP contribution in [0.1, 0.15) is 25.7 Å². The maximum atomic E-state index is 5.90. The first-order chi connectivity index (χ1) is 5.45. The van der Waals surface area contributed by atoms with Crippen molar-refractivity contribution in [3.63, 3.8) is 0 Å². The molecule has 0 saturated carbocycles. The monoisotopic (exact) mass is 224 g/mol. The van der Waals surface area contributed by atoms with Crippen molar-refractivity contribution in [2.45, 2.75) is 36.6 Å². The van der Waals surface area contributed by atoms with Gasteiger partial charge in [0.15, 0.2) is 0 Å². The molecule has 0 aromatic carbocycles. The van der Waals surface area contributed by atoms with Crippen molar-refractivity contribution >= 4 is 37.0 Å². The Kier molecular flexibility index (Phi) is 5.25. The number of hydrogen-bond acceptors (Lipinski definition) is 3. The van der Waals surface area contributed by atoms with E-state index in [1.807, 2.05) is 23.5 Å². The minimum absolute atomic E-state index is 0. The molecule has 2 fully saturated rings. The van der Waals surface area contributed by atoms with E-state index in [2.05, 4.69) is 0 Å². The second kappa shape index (κ2) is 5.68. The topological polar surface area (TPSA) is 9.23 Å². The summed E-state index contributed by atoms with van der Waals surface area (Å²) >= 11 is 3.99. The molecule has 2 atom stereocenters. The van der Waals surface area contributed by atoms with Crippen molar-refractivity contribution in [3.05, 3.63) is 0 Å². The highest BCUT2D eigenvalue weighted by Gasteiger charge is 2.23. The van der Waals surface area contributed by atoms with Gasteiger partial charge in [-0.3, -0.25) is 0 Å². The summed E-state index contributed by atoms with van der Waals surface area (Å²) in [6.07, 6.45) is 5.27. The molecule has 2 rings (SSSR count). The molecule has 0 bridgehead atoms. The predicted octanol–water partition coefficient (Wildman–Crippen LogP) is 2.82. The lowest BCUT2D eigenvalue weighted by atomic mass is 10.3. The lowest BCUT2D eigenvalue weighted by Crippen LogP contribution is -2.11. The molecule has 2 aliphatic heterocycles. The normalized spacial score (nSPS) is 35.0. The standard InChI is InChI=1S/C8H14OS2.H2S/c1-3-7(10-5-1)9-8-4-2-6-11-8;/h7-8H,1-6H2;1H2. The van der Waals surface area contributed by atoms with Gasteiger partial charge in [0, 0.05) is 0 Å². The van der Waals surface area contributed by atoms with Gasteiger partial charge in [-0.15, -0.1) is 23.5 Å². The first-order valence-corrected chi connectivity index (χ1v) is 6.43. The van der Waals surface area contributed by atoms with E-state index in [-0.39, 0.29) is 13.5 Å². The summed E-state index contributed by atoms with van der Waals surface area (Å²) < 4.78 is 5.90. The molecule has 0 spiro atoms. The Morgan fingerprint density at radius 1 is 0.917 bits per heavy atom. The third kappa shape index (κ3) is 3.05. The van der Waals surface area contributed by atoms with Crippen LogP contribution in [0.3, 0.4) is 0 Å². The molecule has 2 saturated heterocycles. The van der Waals surface area contributed by atoms with Crippen LogP contribution in [0.2, 0.25) is 0 Å². The SMILES string of the molecule is C1CSC(OC2CCCS2)C1.S. The number of rotatable bonds is 2. The number of thioether (sulfide) groups is 2. The molecule has 2 heterocycles. The Bertz CT molecular complexity index is 105. The second-order valence-corrected chi connectivity index (χ2v) is 5.56. The zero-order chi connectivity index (χ0) is 7.52. The Hall–Kier alpha value is 1.01. The first-order valence-electron chi connectivity index (χ1n) is 4.34. The molecule has 2 unspecified atom stereocenters. The molecule has 4 heteroatoms. The molecule has 0 N–H and O–H groups in total. The summed E-state index contributed by atoms with van der Waals surface area (Å²) in [6.45, 7) is 0. The molecule has 0 aromatic rings. The van der Waals surface area contributed by atoms with Gasteiger partial charge in [0.2, 0.25) is 0 Å². The highest BCUT2D eigenvalue weighted by atomic mass is 32.2. The molecule has 0 aromatic heterocycles. The zero-order valence-corrected chi connectivity index (χ0v) is 9.76. The molecule has 72 valence electrons. The molecule has 0 radical (unpaired) electrons. The second-order valence-electron chi connectivity index (χ2n) is 3.02. The van der Waals surface area contributed by atoms with Gasteiger partial charge in [-0.1, -0.05) is 0 Å². The van der Waals surface area contributed by atoms with Crippen LogP contribution in [-0.4, -0.2) is 22.4 Å². The van der Waals surface area contributed by atoms with Crippen molar-refractivity contribution in [1.29, 1.82) is 0 Å². The molecule has 1 nitrogen and oxygen atoms in total. The van der Waals surface area contributed by atoms with Crippen molar-refractivity contribution in [2.24, 2.45) is 0 Å². The van der Waals surface area contributed by atoms with Crippen molar-refractivity contribution in [1.82, 2.24) is 0 Å². The van der Waals surface area contributed by atoms with Gasteiger partial charge < -0.3 is 4.74 Å². The fourth-order valence-corrected chi connectivity index (χ4v) is 3.83. The Morgan fingerprint density at radius 2 is 1.42 bits per heavy atom. The summed E-state index contributed by atoms with van der Waals surface area (Å²) in [6, 6.07) is 0. The highest BCUT2D eigenvalue weighted by molar-refractivity contribution is 8.00. The lowest BCUT2D eigenvalue weighted by molar-refractivity contribution is 0.0892. The fourth-order valence-electron chi connectivity index (χ4n) is 1.48. The zero-order valence-electron chi connectivity index (χ0n) is 7.12. The smallest absolute Gasteiger partial charge is 0.104 e. The van der Waals surface area contributed by atoms with E-state index < -0.39 is 0 Å². The van der Waals surface area contributed by atoms with E-state index in [1.54, 1.807) is 0 Å². The third-order valence-electron chi connectivity index (χ3n) is 2.08. The van der Waals surface area contributed by atoms with E-state index >= 15 is 0 Å². The largest absolute Gasteiger partial charge is 0.354 e. The first kappa shape index (κ1) is 11.1. The quantitative estimate of drug-likeness (QED) is 0.714. The molecular weight excluding hydrogens is 208 g/mol. The van der Waals surface area contributed by atoms with Crippen molar-refractivity contribution in [3.8, 4) is 0 Å². The van der Waals surface area contributed by atoms with E-state index in [0.717, 1.165) is 0 Å². The number of ether oxygens (including phenoxy) is 1. The fraction of sp³-hybridized carbons (Fsp3) is 1.00. The minimum atomic E-state index is 0. The number of hydrogen-bond donors (Lipinski definition) is 0. The molecule has 2 aliphatic rings.